The monoisotopic (exact) mass is 240 g/mol. The number of carbonyl (C=O) groups is 2. The lowest BCUT2D eigenvalue weighted by Crippen LogP contribution is -1.93. The minimum atomic E-state index is -0.937. The first kappa shape index (κ1) is 15.4. The van der Waals surface area contributed by atoms with E-state index in [1.165, 1.54) is 6.08 Å². The molecule has 17 heavy (non-hydrogen) atoms. The Morgan fingerprint density at radius 3 is 2.18 bits per heavy atom. The highest BCUT2D eigenvalue weighted by atomic mass is 16.4. The third-order valence-corrected chi connectivity index (χ3v) is 2.25. The molecule has 0 radical (unpaired) electrons. The van der Waals surface area contributed by atoms with E-state index in [9.17, 15) is 9.59 Å². The second-order valence-corrected chi connectivity index (χ2v) is 3.83. The van der Waals surface area contributed by atoms with Crippen LogP contribution in [0.15, 0.2) is 24.3 Å². The van der Waals surface area contributed by atoms with Crippen molar-refractivity contribution in [3.63, 3.8) is 0 Å². The maximum Gasteiger partial charge on any atom is 0.328 e. The van der Waals surface area contributed by atoms with E-state index in [0.29, 0.717) is 0 Å². The number of rotatable bonds is 10. The van der Waals surface area contributed by atoms with Gasteiger partial charge in [0.2, 0.25) is 0 Å². The van der Waals surface area contributed by atoms with Gasteiger partial charge in [0.05, 0.1) is 0 Å². The van der Waals surface area contributed by atoms with Gasteiger partial charge in [0.15, 0.2) is 0 Å². The molecule has 0 saturated heterocycles. The molecule has 0 atom stereocenters. The van der Waals surface area contributed by atoms with Gasteiger partial charge in [0, 0.05) is 12.5 Å². The molecule has 0 fully saturated rings. The number of carboxylic acid groups (broad SMARTS) is 2. The molecule has 0 aliphatic rings. The third kappa shape index (κ3) is 14.4. The maximum absolute atomic E-state index is 10.2. The summed E-state index contributed by atoms with van der Waals surface area (Å²) in [5.74, 6) is -1.66. The molecule has 0 spiro atoms. The van der Waals surface area contributed by atoms with Gasteiger partial charge in [0.1, 0.15) is 0 Å². The minimum Gasteiger partial charge on any atom is -0.481 e. The summed E-state index contributed by atoms with van der Waals surface area (Å²) < 4.78 is 0. The van der Waals surface area contributed by atoms with Crippen molar-refractivity contribution in [3.05, 3.63) is 24.3 Å². The number of hydrogen-bond donors (Lipinski definition) is 2. The van der Waals surface area contributed by atoms with Gasteiger partial charge in [-0.05, 0) is 19.3 Å². The molecule has 0 aromatic rings. The van der Waals surface area contributed by atoms with Gasteiger partial charge in [-0.25, -0.2) is 4.79 Å². The van der Waals surface area contributed by atoms with E-state index in [2.05, 4.69) is 0 Å². The van der Waals surface area contributed by atoms with E-state index in [4.69, 9.17) is 10.2 Å². The van der Waals surface area contributed by atoms with E-state index in [1.54, 1.807) is 6.08 Å². The van der Waals surface area contributed by atoms with Crippen LogP contribution in [0.25, 0.3) is 0 Å². The van der Waals surface area contributed by atoms with Crippen LogP contribution in [0.2, 0.25) is 0 Å². The summed E-state index contributed by atoms with van der Waals surface area (Å²) in [5, 5.41) is 16.7. The highest BCUT2D eigenvalue weighted by Gasteiger charge is 1.95. The molecule has 4 heteroatoms. The molecular formula is C13H20O4. The zero-order valence-electron chi connectivity index (χ0n) is 9.97. The molecule has 0 amide bonds. The molecular weight excluding hydrogens is 220 g/mol. The van der Waals surface area contributed by atoms with E-state index < -0.39 is 11.9 Å². The van der Waals surface area contributed by atoms with Crippen LogP contribution in [0.5, 0.6) is 0 Å². The Morgan fingerprint density at radius 1 is 0.882 bits per heavy atom. The Balaban J connectivity index is 3.23. The van der Waals surface area contributed by atoms with Crippen molar-refractivity contribution in [1.82, 2.24) is 0 Å². The summed E-state index contributed by atoms with van der Waals surface area (Å²) in [6, 6.07) is 0. The van der Waals surface area contributed by atoms with Gasteiger partial charge in [-0.1, -0.05) is 37.5 Å². The van der Waals surface area contributed by atoms with E-state index in [0.717, 1.165) is 44.6 Å². The van der Waals surface area contributed by atoms with Gasteiger partial charge < -0.3 is 10.2 Å². The molecule has 96 valence electrons. The summed E-state index contributed by atoms with van der Waals surface area (Å²) in [6.45, 7) is 0. The van der Waals surface area contributed by atoms with Crippen LogP contribution in [0, 0.1) is 0 Å². The minimum absolute atomic E-state index is 0.264. The van der Waals surface area contributed by atoms with Crippen molar-refractivity contribution >= 4 is 11.9 Å². The van der Waals surface area contributed by atoms with Crippen molar-refractivity contribution in [3.8, 4) is 0 Å². The normalized spacial score (nSPS) is 11.3. The Bertz CT molecular complexity index is 279. The van der Waals surface area contributed by atoms with Crippen molar-refractivity contribution in [1.29, 1.82) is 0 Å². The first-order valence-electron chi connectivity index (χ1n) is 5.91. The number of aliphatic carboxylic acids is 2. The molecule has 0 heterocycles. The van der Waals surface area contributed by atoms with Crippen LogP contribution in [0.4, 0.5) is 0 Å². The zero-order valence-corrected chi connectivity index (χ0v) is 9.97. The number of unbranched alkanes of at least 4 members (excludes halogenated alkanes) is 5. The number of hydrogen-bond acceptors (Lipinski definition) is 2. The van der Waals surface area contributed by atoms with Crippen LogP contribution < -0.4 is 0 Å². The predicted octanol–water partition coefficient (Wildman–Crippen LogP) is 3.00. The average Bonchev–Trinajstić information content (AvgIpc) is 2.25. The van der Waals surface area contributed by atoms with Crippen LogP contribution >= 0.6 is 0 Å². The van der Waals surface area contributed by atoms with Gasteiger partial charge >= 0.3 is 11.9 Å². The fraction of sp³-hybridized carbons (Fsp3) is 0.538. The summed E-state index contributed by atoms with van der Waals surface area (Å²) in [6.07, 6.45) is 12.4. The smallest absolute Gasteiger partial charge is 0.328 e. The highest BCUT2D eigenvalue weighted by Crippen LogP contribution is 2.07. The lowest BCUT2D eigenvalue weighted by atomic mass is 10.1. The summed E-state index contributed by atoms with van der Waals surface area (Å²) >= 11 is 0. The molecule has 2 N–H and O–H groups in total. The molecule has 0 aliphatic carbocycles. The van der Waals surface area contributed by atoms with Crippen LogP contribution in [-0.4, -0.2) is 22.2 Å². The first-order chi connectivity index (χ1) is 8.13. The summed E-state index contributed by atoms with van der Waals surface area (Å²) in [5.41, 5.74) is 0. The predicted molar refractivity (Wildman–Crippen MR) is 65.9 cm³/mol. The average molecular weight is 240 g/mol. The van der Waals surface area contributed by atoms with Gasteiger partial charge in [-0.2, -0.15) is 0 Å². The largest absolute Gasteiger partial charge is 0.481 e. The molecule has 0 unspecified atom stereocenters. The molecule has 0 aromatic carbocycles. The van der Waals surface area contributed by atoms with Crippen LogP contribution in [-0.2, 0) is 9.59 Å². The second kappa shape index (κ2) is 10.9. The lowest BCUT2D eigenvalue weighted by molar-refractivity contribution is -0.137. The topological polar surface area (TPSA) is 74.6 Å². The number of allylic oxidation sites excluding steroid dienone is 3. The SMILES string of the molecule is O=C(O)C=CC=CCCCCCCCC(=O)O. The van der Waals surface area contributed by atoms with Crippen molar-refractivity contribution in [2.75, 3.05) is 0 Å². The highest BCUT2D eigenvalue weighted by molar-refractivity contribution is 5.80. The standard InChI is InChI=1S/C13H20O4/c14-12(15)10-8-6-4-2-1-3-5-7-9-11-13(16)17/h4,6,8,10H,1-3,5,7,9,11H2,(H,14,15)(H,16,17). The maximum atomic E-state index is 10.2. The quantitative estimate of drug-likeness (QED) is 0.349. The molecule has 0 aromatic heterocycles. The van der Waals surface area contributed by atoms with E-state index in [1.807, 2.05) is 6.08 Å². The van der Waals surface area contributed by atoms with Crippen molar-refractivity contribution in [2.24, 2.45) is 0 Å². The fourth-order valence-electron chi connectivity index (χ4n) is 1.38. The molecule has 0 aliphatic heterocycles. The van der Waals surface area contributed by atoms with Gasteiger partial charge in [-0.15, -0.1) is 0 Å². The van der Waals surface area contributed by atoms with Crippen molar-refractivity contribution < 1.29 is 19.8 Å². The van der Waals surface area contributed by atoms with Gasteiger partial charge in [0.25, 0.3) is 0 Å². The first-order valence-corrected chi connectivity index (χ1v) is 5.91. The van der Waals surface area contributed by atoms with Crippen molar-refractivity contribution in [2.45, 2.75) is 44.9 Å². The Morgan fingerprint density at radius 2 is 1.53 bits per heavy atom. The summed E-state index contributed by atoms with van der Waals surface area (Å²) in [7, 11) is 0. The molecule has 0 saturated carbocycles. The van der Waals surface area contributed by atoms with E-state index >= 15 is 0 Å². The Kier molecular flexibility index (Phi) is 9.91. The fourth-order valence-corrected chi connectivity index (χ4v) is 1.38. The van der Waals surface area contributed by atoms with Gasteiger partial charge in [-0.3, -0.25) is 4.79 Å². The van der Waals surface area contributed by atoms with Crippen LogP contribution in [0.1, 0.15) is 44.9 Å². The Hall–Kier alpha value is -1.58. The summed E-state index contributed by atoms with van der Waals surface area (Å²) in [4.78, 5) is 20.3. The molecule has 0 bridgehead atoms. The number of carboxylic acids is 2. The second-order valence-electron chi connectivity index (χ2n) is 3.83. The Labute approximate surface area is 102 Å². The third-order valence-electron chi connectivity index (χ3n) is 2.25. The zero-order chi connectivity index (χ0) is 12.9. The van der Waals surface area contributed by atoms with E-state index in [-0.39, 0.29) is 6.42 Å². The molecule has 4 nitrogen and oxygen atoms in total. The lowest BCUT2D eigenvalue weighted by Gasteiger charge is -1.97. The molecule has 0 rings (SSSR count). The van der Waals surface area contributed by atoms with Crippen LogP contribution in [0.3, 0.4) is 0 Å².